The first-order valence-electron chi connectivity index (χ1n) is 20.0. The highest BCUT2D eigenvalue weighted by Crippen LogP contribution is 2.45. The van der Waals surface area contributed by atoms with Crippen LogP contribution in [-0.2, 0) is 0 Å². The summed E-state index contributed by atoms with van der Waals surface area (Å²) in [5.41, 5.74) is 10.7. The zero-order valence-electron chi connectivity index (χ0n) is 32.9. The number of benzene rings is 8. The number of fused-ring (bicyclic) bond motifs is 6. The third-order valence-corrected chi connectivity index (χ3v) is 11.3. The quantitative estimate of drug-likeness (QED) is 0.136. The summed E-state index contributed by atoms with van der Waals surface area (Å²) in [5.74, 6) is 1.76. The van der Waals surface area contributed by atoms with E-state index in [1.807, 2.05) is 97.1 Å². The van der Waals surface area contributed by atoms with E-state index in [-0.39, 0.29) is 11.5 Å². The number of aromatic nitrogens is 2. The Morgan fingerprint density at radius 3 is 1.08 bits per heavy atom. The Morgan fingerprint density at radius 1 is 0.390 bits per heavy atom. The van der Waals surface area contributed by atoms with Crippen LogP contribution >= 0.6 is 0 Å². The number of phenols is 2. The van der Waals surface area contributed by atoms with Gasteiger partial charge in [0.1, 0.15) is 23.0 Å². The molecule has 0 saturated heterocycles. The van der Waals surface area contributed by atoms with Crippen LogP contribution in [0, 0.1) is 13.8 Å². The topological polar surface area (TPSA) is 68.8 Å². The Labute approximate surface area is 342 Å². The zero-order valence-corrected chi connectivity index (χ0v) is 32.9. The van der Waals surface area contributed by atoms with E-state index in [1.165, 1.54) is 0 Å². The van der Waals surface area contributed by atoms with Gasteiger partial charge in [-0.05, 0) is 85.6 Å². The number of aryl methyl sites for hydroxylation is 2. The molecule has 0 amide bonds. The summed E-state index contributed by atoms with van der Waals surface area (Å²) < 4.78 is 17.2. The monoisotopic (exact) mass is 770 g/mol. The molecule has 0 radical (unpaired) electrons. The van der Waals surface area contributed by atoms with E-state index in [1.54, 1.807) is 0 Å². The molecule has 8 aromatic carbocycles. The van der Waals surface area contributed by atoms with Crippen molar-refractivity contribution in [2.24, 2.45) is 0 Å². The second kappa shape index (κ2) is 14.8. The second-order valence-electron chi connectivity index (χ2n) is 15.1. The van der Waals surface area contributed by atoms with Gasteiger partial charge in [-0.25, -0.2) is 0 Å². The molecule has 288 valence electrons. The summed E-state index contributed by atoms with van der Waals surface area (Å²) in [6, 6.07) is 57.1. The number of hydrogen-bond donors (Lipinski definition) is 2. The summed E-state index contributed by atoms with van der Waals surface area (Å²) in [6.45, 7) is 4.92. The van der Waals surface area contributed by atoms with E-state index in [0.29, 0.717) is 42.3 Å². The van der Waals surface area contributed by atoms with Crippen LogP contribution in [0.4, 0.5) is 0 Å². The zero-order chi connectivity index (χ0) is 40.0. The predicted molar refractivity (Wildman–Crippen MR) is 241 cm³/mol. The van der Waals surface area contributed by atoms with Crippen molar-refractivity contribution in [2.45, 2.75) is 20.3 Å². The SMILES string of the molecule is Cc1cc(-c2ccccc2OCCCOc2ccccc2-c2cc(C)cc(-n3c4ccccc4c4ccccc43)c2O)c(O)c(-n2c3ccccc3c3ccccc32)c1. The largest absolute Gasteiger partial charge is 0.505 e. The maximum absolute atomic E-state index is 12.0. The number of phenolic OH excluding ortho intramolecular Hbond substituents is 2. The van der Waals surface area contributed by atoms with Crippen molar-refractivity contribution >= 4 is 43.6 Å². The number of hydrogen-bond acceptors (Lipinski definition) is 4. The molecule has 0 spiro atoms. The fraction of sp³-hybridized carbons (Fsp3) is 0.0943. The van der Waals surface area contributed by atoms with Crippen LogP contribution in [0.3, 0.4) is 0 Å². The third-order valence-electron chi connectivity index (χ3n) is 11.3. The molecule has 6 heteroatoms. The number of rotatable bonds is 10. The van der Waals surface area contributed by atoms with Gasteiger partial charge in [0, 0.05) is 50.2 Å². The second-order valence-corrected chi connectivity index (χ2v) is 15.1. The molecule has 0 saturated carbocycles. The molecule has 0 aliphatic rings. The van der Waals surface area contributed by atoms with Crippen LogP contribution in [0.5, 0.6) is 23.0 Å². The van der Waals surface area contributed by atoms with Crippen molar-refractivity contribution in [3.05, 3.63) is 181 Å². The molecular weight excluding hydrogens is 729 g/mol. The van der Waals surface area contributed by atoms with E-state index in [0.717, 1.165) is 77.2 Å². The third kappa shape index (κ3) is 6.21. The number of para-hydroxylation sites is 6. The van der Waals surface area contributed by atoms with Gasteiger partial charge in [-0.2, -0.15) is 0 Å². The van der Waals surface area contributed by atoms with Crippen LogP contribution in [0.25, 0.3) is 77.2 Å². The lowest BCUT2D eigenvalue weighted by molar-refractivity contribution is 0.248. The van der Waals surface area contributed by atoms with Gasteiger partial charge in [-0.1, -0.05) is 109 Å². The standard InChI is InChI=1S/C53H42N2O4/c1-34-30-42(52(56)48(32-34)54-44-22-9-3-16-36(44)37-17-4-10-23-45(37)54)40-20-7-13-26-50(40)58-28-15-29-59-51-27-14-8-21-41(51)43-31-35(2)33-49(53(43)57)55-46-24-11-5-18-38(46)39-19-6-12-25-47(39)55/h3-14,16-27,30-33,56-57H,15,28-29H2,1-2H3. The van der Waals surface area contributed by atoms with Crippen molar-refractivity contribution in [2.75, 3.05) is 13.2 Å². The Balaban J connectivity index is 0.904. The normalized spacial score (nSPS) is 11.6. The molecule has 0 unspecified atom stereocenters. The number of ether oxygens (including phenoxy) is 2. The highest BCUT2D eigenvalue weighted by Gasteiger charge is 2.21. The van der Waals surface area contributed by atoms with Crippen molar-refractivity contribution in [3.8, 4) is 56.6 Å². The summed E-state index contributed by atoms with van der Waals surface area (Å²) in [7, 11) is 0. The Bertz CT molecular complexity index is 2890. The minimum atomic E-state index is 0.193. The molecule has 2 N–H and O–H groups in total. The number of aromatic hydroxyl groups is 2. The smallest absolute Gasteiger partial charge is 0.147 e. The van der Waals surface area contributed by atoms with E-state index in [4.69, 9.17) is 9.47 Å². The van der Waals surface area contributed by atoms with Crippen LogP contribution < -0.4 is 9.47 Å². The molecule has 10 aromatic rings. The van der Waals surface area contributed by atoms with Gasteiger partial charge < -0.3 is 28.8 Å². The molecule has 0 atom stereocenters. The fourth-order valence-corrected chi connectivity index (χ4v) is 8.69. The maximum Gasteiger partial charge on any atom is 0.147 e. The maximum atomic E-state index is 12.0. The van der Waals surface area contributed by atoms with E-state index < -0.39 is 0 Å². The van der Waals surface area contributed by atoms with Gasteiger partial charge in [-0.3, -0.25) is 0 Å². The summed E-state index contributed by atoms with van der Waals surface area (Å²) >= 11 is 0. The molecule has 0 aliphatic carbocycles. The summed E-state index contributed by atoms with van der Waals surface area (Å²) in [4.78, 5) is 0. The molecule has 0 bridgehead atoms. The Kier molecular flexibility index (Phi) is 9.02. The molecule has 59 heavy (non-hydrogen) atoms. The minimum Gasteiger partial charge on any atom is -0.505 e. The number of nitrogens with zero attached hydrogens (tertiary/aromatic N) is 2. The van der Waals surface area contributed by atoms with Crippen molar-refractivity contribution in [1.29, 1.82) is 0 Å². The van der Waals surface area contributed by atoms with E-state index in [9.17, 15) is 10.2 Å². The van der Waals surface area contributed by atoms with E-state index in [2.05, 4.69) is 95.8 Å². The van der Waals surface area contributed by atoms with Gasteiger partial charge in [0.25, 0.3) is 0 Å². The van der Waals surface area contributed by atoms with Crippen molar-refractivity contribution < 1.29 is 19.7 Å². The average Bonchev–Trinajstić information content (AvgIpc) is 3.78. The van der Waals surface area contributed by atoms with Gasteiger partial charge >= 0.3 is 0 Å². The Hall–Kier alpha value is -7.44. The van der Waals surface area contributed by atoms with E-state index >= 15 is 0 Å². The average molecular weight is 771 g/mol. The van der Waals surface area contributed by atoms with Crippen molar-refractivity contribution in [1.82, 2.24) is 9.13 Å². The van der Waals surface area contributed by atoms with Gasteiger partial charge in [0.15, 0.2) is 0 Å². The van der Waals surface area contributed by atoms with Crippen LogP contribution in [0.15, 0.2) is 170 Å². The van der Waals surface area contributed by atoms with Gasteiger partial charge in [-0.15, -0.1) is 0 Å². The first-order chi connectivity index (χ1) is 29.0. The first-order valence-corrected chi connectivity index (χ1v) is 20.0. The summed E-state index contributed by atoms with van der Waals surface area (Å²) in [6.07, 6.45) is 0.613. The van der Waals surface area contributed by atoms with Crippen LogP contribution in [0.2, 0.25) is 0 Å². The molecule has 10 rings (SSSR count). The molecule has 0 fully saturated rings. The molecule has 2 aromatic heterocycles. The summed E-state index contributed by atoms with van der Waals surface area (Å²) in [5, 5.41) is 28.6. The molecular formula is C53H42N2O4. The first kappa shape index (κ1) is 35.9. The van der Waals surface area contributed by atoms with Gasteiger partial charge in [0.05, 0.1) is 46.7 Å². The lowest BCUT2D eigenvalue weighted by Crippen LogP contribution is -2.06. The predicted octanol–water partition coefficient (Wildman–Crippen LogP) is 13.1. The lowest BCUT2D eigenvalue weighted by atomic mass is 9.99. The van der Waals surface area contributed by atoms with Crippen LogP contribution in [0.1, 0.15) is 17.5 Å². The fourth-order valence-electron chi connectivity index (χ4n) is 8.69. The molecule has 0 aliphatic heterocycles. The molecule has 2 heterocycles. The highest BCUT2D eigenvalue weighted by atomic mass is 16.5. The van der Waals surface area contributed by atoms with Crippen LogP contribution in [-0.4, -0.2) is 32.6 Å². The van der Waals surface area contributed by atoms with Gasteiger partial charge in [0.2, 0.25) is 0 Å². The van der Waals surface area contributed by atoms with Crippen molar-refractivity contribution in [3.63, 3.8) is 0 Å². The molecule has 6 nitrogen and oxygen atoms in total. The minimum absolute atomic E-state index is 0.193. The Morgan fingerprint density at radius 2 is 0.712 bits per heavy atom. The lowest BCUT2D eigenvalue weighted by Gasteiger charge is -2.18. The highest BCUT2D eigenvalue weighted by molar-refractivity contribution is 6.10.